The number of ether oxygens (including phenoxy) is 1. The smallest absolute Gasteiger partial charge is 0.138 e. The van der Waals surface area contributed by atoms with Gasteiger partial charge in [-0.25, -0.2) is 0 Å². The Balaban J connectivity index is 2.14. The van der Waals surface area contributed by atoms with Crippen LogP contribution in [-0.4, -0.2) is 4.57 Å². The Morgan fingerprint density at radius 3 is 2.73 bits per heavy atom. The molecule has 0 fully saturated rings. The number of hydrogen-bond acceptors (Lipinski definition) is 1. The van der Waals surface area contributed by atoms with Crippen molar-refractivity contribution in [2.75, 3.05) is 0 Å². The standard InChI is InChI=1S/C20H25NO/c1-3-5-14-20(22-16-6-4-2)19-13-10-15-21(19)17-18-11-8-7-9-12-18/h4,6-13,15-16,20H,2-3,5,14,17H2,1H3. The van der Waals surface area contributed by atoms with E-state index in [0.717, 1.165) is 19.4 Å². The van der Waals surface area contributed by atoms with Crippen molar-refractivity contribution in [2.45, 2.75) is 38.8 Å². The zero-order valence-corrected chi connectivity index (χ0v) is 13.3. The molecule has 1 unspecified atom stereocenters. The van der Waals surface area contributed by atoms with Gasteiger partial charge in [-0.2, -0.15) is 0 Å². The highest BCUT2D eigenvalue weighted by atomic mass is 16.5. The lowest BCUT2D eigenvalue weighted by atomic mass is 10.1. The SMILES string of the molecule is C=CC=COC(CCCC)c1cccn1Cc1ccccc1. The normalized spacial score (nSPS) is 12.4. The minimum Gasteiger partial charge on any atom is -0.492 e. The van der Waals surface area contributed by atoms with Crippen LogP contribution in [0.15, 0.2) is 73.7 Å². The molecule has 22 heavy (non-hydrogen) atoms. The van der Waals surface area contributed by atoms with E-state index in [4.69, 9.17) is 4.74 Å². The Morgan fingerprint density at radius 2 is 2.00 bits per heavy atom. The minimum atomic E-state index is 0.0925. The minimum absolute atomic E-state index is 0.0925. The molecule has 0 N–H and O–H groups in total. The van der Waals surface area contributed by atoms with E-state index in [-0.39, 0.29) is 6.10 Å². The largest absolute Gasteiger partial charge is 0.492 e. The first-order valence-electron chi connectivity index (χ1n) is 7.97. The maximum absolute atomic E-state index is 5.93. The third-order valence-electron chi connectivity index (χ3n) is 3.67. The van der Waals surface area contributed by atoms with Gasteiger partial charge in [-0.3, -0.25) is 0 Å². The van der Waals surface area contributed by atoms with Crippen molar-refractivity contribution in [3.05, 3.63) is 84.9 Å². The van der Waals surface area contributed by atoms with Crippen LogP contribution in [0.25, 0.3) is 0 Å². The van der Waals surface area contributed by atoms with Crippen LogP contribution in [-0.2, 0) is 11.3 Å². The van der Waals surface area contributed by atoms with Crippen LogP contribution in [0, 0.1) is 0 Å². The predicted molar refractivity (Wildman–Crippen MR) is 92.7 cm³/mol. The molecule has 1 atom stereocenters. The summed E-state index contributed by atoms with van der Waals surface area (Å²) in [6, 6.07) is 14.8. The van der Waals surface area contributed by atoms with Gasteiger partial charge >= 0.3 is 0 Å². The van der Waals surface area contributed by atoms with E-state index in [1.54, 1.807) is 12.3 Å². The van der Waals surface area contributed by atoms with Crippen LogP contribution in [0.4, 0.5) is 0 Å². The lowest BCUT2D eigenvalue weighted by Gasteiger charge is -2.19. The summed E-state index contributed by atoms with van der Waals surface area (Å²) in [4.78, 5) is 0. The van der Waals surface area contributed by atoms with Crippen molar-refractivity contribution in [3.63, 3.8) is 0 Å². The molecule has 1 aromatic heterocycles. The van der Waals surface area contributed by atoms with Crippen LogP contribution < -0.4 is 0 Å². The Bertz CT molecular complexity index is 583. The van der Waals surface area contributed by atoms with E-state index in [2.05, 4.69) is 60.7 Å². The van der Waals surface area contributed by atoms with E-state index in [0.29, 0.717) is 0 Å². The Morgan fingerprint density at radius 1 is 1.18 bits per heavy atom. The molecule has 116 valence electrons. The number of unbranched alkanes of at least 4 members (excludes halogenated alkanes) is 1. The molecule has 1 heterocycles. The average molecular weight is 295 g/mol. The van der Waals surface area contributed by atoms with E-state index >= 15 is 0 Å². The Hall–Kier alpha value is -2.22. The fraction of sp³-hybridized carbons (Fsp3) is 0.300. The molecule has 0 aliphatic rings. The van der Waals surface area contributed by atoms with E-state index in [1.165, 1.54) is 17.7 Å². The highest BCUT2D eigenvalue weighted by Gasteiger charge is 2.15. The van der Waals surface area contributed by atoms with Crippen molar-refractivity contribution in [2.24, 2.45) is 0 Å². The number of allylic oxidation sites excluding steroid dienone is 2. The van der Waals surface area contributed by atoms with E-state index < -0.39 is 0 Å². The topological polar surface area (TPSA) is 14.2 Å². The second-order valence-corrected chi connectivity index (χ2v) is 5.38. The number of benzene rings is 1. The van der Waals surface area contributed by atoms with Gasteiger partial charge in [-0.1, -0.05) is 56.3 Å². The van der Waals surface area contributed by atoms with Crippen LogP contribution >= 0.6 is 0 Å². The number of hydrogen-bond donors (Lipinski definition) is 0. The molecule has 2 aromatic rings. The zero-order chi connectivity index (χ0) is 15.6. The first-order valence-corrected chi connectivity index (χ1v) is 7.97. The number of nitrogens with zero attached hydrogens (tertiary/aromatic N) is 1. The maximum Gasteiger partial charge on any atom is 0.138 e. The average Bonchev–Trinajstić information content (AvgIpc) is 3.00. The Kier molecular flexibility index (Phi) is 6.56. The quantitative estimate of drug-likeness (QED) is 0.441. The second-order valence-electron chi connectivity index (χ2n) is 5.38. The van der Waals surface area contributed by atoms with Gasteiger partial charge in [0.05, 0.1) is 12.0 Å². The lowest BCUT2D eigenvalue weighted by molar-refractivity contribution is 0.127. The van der Waals surface area contributed by atoms with Gasteiger partial charge < -0.3 is 9.30 Å². The molecule has 0 radical (unpaired) electrons. The summed E-state index contributed by atoms with van der Waals surface area (Å²) < 4.78 is 8.21. The van der Waals surface area contributed by atoms with Gasteiger partial charge in [-0.05, 0) is 36.6 Å². The summed E-state index contributed by atoms with van der Waals surface area (Å²) in [5.74, 6) is 0. The van der Waals surface area contributed by atoms with Crippen LogP contribution in [0.5, 0.6) is 0 Å². The third-order valence-corrected chi connectivity index (χ3v) is 3.67. The van der Waals surface area contributed by atoms with Gasteiger partial charge in [0, 0.05) is 12.7 Å². The summed E-state index contributed by atoms with van der Waals surface area (Å²) in [5.41, 5.74) is 2.53. The molecule has 0 saturated carbocycles. The molecule has 2 nitrogen and oxygen atoms in total. The summed E-state index contributed by atoms with van der Waals surface area (Å²) in [6.45, 7) is 6.77. The third kappa shape index (κ3) is 4.66. The molecule has 0 bridgehead atoms. The zero-order valence-electron chi connectivity index (χ0n) is 13.3. The molecule has 0 amide bonds. The first kappa shape index (κ1) is 16.2. The monoisotopic (exact) mass is 295 g/mol. The molecule has 0 saturated heterocycles. The summed E-state index contributed by atoms with van der Waals surface area (Å²) in [7, 11) is 0. The fourth-order valence-corrected chi connectivity index (χ4v) is 2.51. The van der Waals surface area contributed by atoms with Crippen molar-refractivity contribution >= 4 is 0 Å². The Labute approximate surface area is 133 Å². The predicted octanol–water partition coefficient (Wildman–Crippen LogP) is 5.48. The van der Waals surface area contributed by atoms with Crippen LogP contribution in [0.2, 0.25) is 0 Å². The molecule has 1 aromatic carbocycles. The summed E-state index contributed by atoms with van der Waals surface area (Å²) >= 11 is 0. The highest BCUT2D eigenvalue weighted by Crippen LogP contribution is 2.25. The molecule has 0 aliphatic carbocycles. The van der Waals surface area contributed by atoms with Gasteiger partial charge in [-0.15, -0.1) is 0 Å². The van der Waals surface area contributed by atoms with Gasteiger partial charge in [0.15, 0.2) is 0 Å². The van der Waals surface area contributed by atoms with Crippen molar-refractivity contribution in [1.82, 2.24) is 4.57 Å². The van der Waals surface area contributed by atoms with Crippen LogP contribution in [0.1, 0.15) is 43.5 Å². The van der Waals surface area contributed by atoms with Crippen molar-refractivity contribution < 1.29 is 4.74 Å². The van der Waals surface area contributed by atoms with Crippen molar-refractivity contribution in [1.29, 1.82) is 0 Å². The molecular formula is C20H25NO. The van der Waals surface area contributed by atoms with E-state index in [1.807, 2.05) is 12.1 Å². The second kappa shape index (κ2) is 8.93. The molecule has 0 spiro atoms. The van der Waals surface area contributed by atoms with Gasteiger partial charge in [0.2, 0.25) is 0 Å². The molecule has 2 heteroatoms. The van der Waals surface area contributed by atoms with Gasteiger partial charge in [0.1, 0.15) is 6.10 Å². The fourth-order valence-electron chi connectivity index (χ4n) is 2.51. The first-order chi connectivity index (χ1) is 10.8. The highest BCUT2D eigenvalue weighted by molar-refractivity contribution is 5.19. The summed E-state index contributed by atoms with van der Waals surface area (Å²) in [5, 5.41) is 0. The van der Waals surface area contributed by atoms with E-state index in [9.17, 15) is 0 Å². The molecule has 2 rings (SSSR count). The van der Waals surface area contributed by atoms with Crippen LogP contribution in [0.3, 0.4) is 0 Å². The molecule has 0 aliphatic heterocycles. The van der Waals surface area contributed by atoms with Crippen molar-refractivity contribution in [3.8, 4) is 0 Å². The van der Waals surface area contributed by atoms with Gasteiger partial charge in [0.25, 0.3) is 0 Å². The number of rotatable bonds is 9. The maximum atomic E-state index is 5.93. The number of aromatic nitrogens is 1. The molecular weight excluding hydrogens is 270 g/mol. The summed E-state index contributed by atoms with van der Waals surface area (Å²) in [6.07, 6.45) is 10.9. The lowest BCUT2D eigenvalue weighted by Crippen LogP contribution is -2.10.